The molecule has 1 aromatic carbocycles. The van der Waals surface area contributed by atoms with Gasteiger partial charge in [0.1, 0.15) is 6.61 Å². The highest BCUT2D eigenvalue weighted by Gasteiger charge is 2.33. The smallest absolute Gasteiger partial charge is 0.244 e. The first kappa shape index (κ1) is 16.0. The molecular formula is C15H19NO4S. The zero-order chi connectivity index (χ0) is 15.5. The Morgan fingerprint density at radius 1 is 1.29 bits per heavy atom. The molecule has 5 nitrogen and oxygen atoms in total. The van der Waals surface area contributed by atoms with Crippen LogP contribution in [0.1, 0.15) is 19.4 Å². The van der Waals surface area contributed by atoms with Gasteiger partial charge < -0.3 is 9.84 Å². The summed E-state index contributed by atoms with van der Waals surface area (Å²) in [5.74, 6) is 5.19. The number of aliphatic hydroxyl groups is 1. The van der Waals surface area contributed by atoms with E-state index < -0.39 is 10.0 Å². The molecule has 0 aromatic heterocycles. The molecule has 1 aromatic rings. The molecule has 1 N–H and O–H groups in total. The molecule has 6 heteroatoms. The average Bonchev–Trinajstić information content (AvgIpc) is 2.44. The molecule has 0 unspecified atom stereocenters. The van der Waals surface area contributed by atoms with Crippen LogP contribution in [-0.2, 0) is 14.8 Å². The van der Waals surface area contributed by atoms with Crippen LogP contribution in [0, 0.1) is 11.8 Å². The zero-order valence-electron chi connectivity index (χ0n) is 12.1. The summed E-state index contributed by atoms with van der Waals surface area (Å²) in [7, 11) is -3.62. The van der Waals surface area contributed by atoms with Gasteiger partial charge in [-0.15, -0.1) is 0 Å². The fraction of sp³-hybridized carbons (Fsp3) is 0.467. The lowest BCUT2D eigenvalue weighted by atomic mass is 10.2. The topological polar surface area (TPSA) is 66.8 Å². The first-order chi connectivity index (χ1) is 9.95. The van der Waals surface area contributed by atoms with Crippen LogP contribution in [0.25, 0.3) is 0 Å². The summed E-state index contributed by atoms with van der Waals surface area (Å²) in [5, 5.41) is 8.79. The highest BCUT2D eigenvalue weighted by molar-refractivity contribution is 7.89. The second-order valence-electron chi connectivity index (χ2n) is 5.04. The summed E-state index contributed by atoms with van der Waals surface area (Å²) in [6.45, 7) is 4.06. The summed E-state index contributed by atoms with van der Waals surface area (Å²) in [6.07, 6.45) is -0.279. The van der Waals surface area contributed by atoms with E-state index in [9.17, 15) is 8.42 Å². The van der Waals surface area contributed by atoms with E-state index in [4.69, 9.17) is 9.84 Å². The van der Waals surface area contributed by atoms with Crippen molar-refractivity contribution < 1.29 is 18.3 Å². The molecular weight excluding hydrogens is 290 g/mol. The Balaban J connectivity index is 2.40. The summed E-state index contributed by atoms with van der Waals surface area (Å²) in [6, 6.07) is 6.58. The average molecular weight is 309 g/mol. The number of hydrogen-bond donors (Lipinski definition) is 1. The number of benzene rings is 1. The Bertz CT molecular complexity index is 650. The second-order valence-corrected chi connectivity index (χ2v) is 6.94. The van der Waals surface area contributed by atoms with Gasteiger partial charge in [0.2, 0.25) is 10.0 Å². The largest absolute Gasteiger partial charge is 0.384 e. The van der Waals surface area contributed by atoms with Crippen molar-refractivity contribution in [3.63, 3.8) is 0 Å². The maximum atomic E-state index is 12.8. The third kappa shape index (κ3) is 3.63. The van der Waals surface area contributed by atoms with Gasteiger partial charge in [-0.25, -0.2) is 8.42 Å². The third-order valence-electron chi connectivity index (χ3n) is 3.19. The maximum absolute atomic E-state index is 12.8. The van der Waals surface area contributed by atoms with Crippen molar-refractivity contribution in [2.45, 2.75) is 31.0 Å². The van der Waals surface area contributed by atoms with Crippen LogP contribution >= 0.6 is 0 Å². The van der Waals surface area contributed by atoms with Crippen LogP contribution < -0.4 is 0 Å². The van der Waals surface area contributed by atoms with Crippen molar-refractivity contribution in [3.05, 3.63) is 29.8 Å². The molecule has 0 bridgehead atoms. The normalized spacial score (nSPS) is 23.4. The Labute approximate surface area is 125 Å². The molecule has 1 saturated heterocycles. The zero-order valence-corrected chi connectivity index (χ0v) is 12.9. The van der Waals surface area contributed by atoms with Gasteiger partial charge in [-0.05, 0) is 26.0 Å². The van der Waals surface area contributed by atoms with Gasteiger partial charge in [0, 0.05) is 18.7 Å². The number of sulfonamides is 1. The van der Waals surface area contributed by atoms with E-state index in [0.717, 1.165) is 0 Å². The Morgan fingerprint density at radius 3 is 2.52 bits per heavy atom. The summed E-state index contributed by atoms with van der Waals surface area (Å²) >= 11 is 0. The molecule has 0 amide bonds. The van der Waals surface area contributed by atoms with Gasteiger partial charge in [-0.2, -0.15) is 4.31 Å². The number of hydrogen-bond acceptors (Lipinski definition) is 4. The number of rotatable bonds is 2. The molecule has 1 aliphatic heterocycles. The van der Waals surface area contributed by atoms with Gasteiger partial charge in [-0.1, -0.05) is 24.0 Å². The van der Waals surface area contributed by atoms with E-state index in [1.165, 1.54) is 4.31 Å². The van der Waals surface area contributed by atoms with E-state index in [1.807, 2.05) is 13.8 Å². The maximum Gasteiger partial charge on any atom is 0.244 e. The van der Waals surface area contributed by atoms with Gasteiger partial charge >= 0.3 is 0 Å². The summed E-state index contributed by atoms with van der Waals surface area (Å²) < 4.78 is 32.6. The summed E-state index contributed by atoms with van der Waals surface area (Å²) in [4.78, 5) is 0.173. The first-order valence-electron chi connectivity index (χ1n) is 6.79. The minimum Gasteiger partial charge on any atom is -0.384 e. The lowest BCUT2D eigenvalue weighted by Crippen LogP contribution is -2.48. The molecule has 0 spiro atoms. The lowest BCUT2D eigenvalue weighted by Gasteiger charge is -2.34. The molecule has 0 saturated carbocycles. The van der Waals surface area contributed by atoms with Gasteiger partial charge in [0.25, 0.3) is 0 Å². The molecule has 0 radical (unpaired) electrons. The van der Waals surface area contributed by atoms with E-state index in [-0.39, 0.29) is 23.7 Å². The van der Waals surface area contributed by atoms with Crippen molar-refractivity contribution in [1.82, 2.24) is 4.31 Å². The van der Waals surface area contributed by atoms with E-state index in [1.54, 1.807) is 24.3 Å². The summed E-state index contributed by atoms with van der Waals surface area (Å²) in [5.41, 5.74) is 0.401. The number of ether oxygens (including phenoxy) is 1. The monoisotopic (exact) mass is 309 g/mol. The minimum atomic E-state index is -3.62. The molecule has 1 heterocycles. The van der Waals surface area contributed by atoms with Crippen molar-refractivity contribution >= 4 is 10.0 Å². The number of nitrogens with zero attached hydrogens (tertiary/aromatic N) is 1. The van der Waals surface area contributed by atoms with Gasteiger partial charge in [0.15, 0.2) is 0 Å². The first-order valence-corrected chi connectivity index (χ1v) is 8.23. The van der Waals surface area contributed by atoms with E-state index in [0.29, 0.717) is 18.7 Å². The van der Waals surface area contributed by atoms with Crippen molar-refractivity contribution in [2.75, 3.05) is 19.7 Å². The second kappa shape index (κ2) is 6.58. The Morgan fingerprint density at radius 2 is 1.90 bits per heavy atom. The number of aliphatic hydroxyl groups excluding tert-OH is 1. The molecule has 0 aliphatic carbocycles. The van der Waals surface area contributed by atoms with Crippen LogP contribution in [0.4, 0.5) is 0 Å². The molecule has 2 rings (SSSR count). The van der Waals surface area contributed by atoms with Crippen LogP contribution in [-0.4, -0.2) is 49.7 Å². The number of morpholine rings is 1. The Hall–Kier alpha value is -1.39. The minimum absolute atomic E-state index is 0.140. The van der Waals surface area contributed by atoms with E-state index in [2.05, 4.69) is 11.8 Å². The predicted octanol–water partition coefficient (Wildman–Crippen LogP) is 0.828. The highest BCUT2D eigenvalue weighted by Crippen LogP contribution is 2.23. The predicted molar refractivity (Wildman–Crippen MR) is 79.2 cm³/mol. The molecule has 1 fully saturated rings. The SMILES string of the molecule is C[C@@H]1CN(S(=O)(=O)c2ccccc2C#CCO)C[C@H](C)O1. The van der Waals surface area contributed by atoms with Crippen molar-refractivity contribution in [2.24, 2.45) is 0 Å². The van der Waals surface area contributed by atoms with E-state index >= 15 is 0 Å². The molecule has 1 aliphatic rings. The van der Waals surface area contributed by atoms with Crippen molar-refractivity contribution in [3.8, 4) is 11.8 Å². The standard InChI is InChI=1S/C15H19NO4S/c1-12-10-16(11-13(2)20-12)21(18,19)15-8-4-3-6-14(15)7-5-9-17/h3-4,6,8,12-13,17H,9-11H2,1-2H3/t12-,13+. The highest BCUT2D eigenvalue weighted by atomic mass is 32.2. The quantitative estimate of drug-likeness (QED) is 0.822. The van der Waals surface area contributed by atoms with Crippen LogP contribution in [0.2, 0.25) is 0 Å². The lowest BCUT2D eigenvalue weighted by molar-refractivity contribution is -0.0440. The third-order valence-corrected chi connectivity index (χ3v) is 5.08. The van der Waals surface area contributed by atoms with Crippen LogP contribution in [0.15, 0.2) is 29.2 Å². The van der Waals surface area contributed by atoms with Crippen LogP contribution in [0.3, 0.4) is 0 Å². The fourth-order valence-electron chi connectivity index (χ4n) is 2.40. The van der Waals surface area contributed by atoms with Gasteiger partial charge in [-0.3, -0.25) is 0 Å². The fourth-order valence-corrected chi connectivity index (χ4v) is 4.13. The van der Waals surface area contributed by atoms with Crippen LogP contribution in [0.5, 0.6) is 0 Å². The van der Waals surface area contributed by atoms with Gasteiger partial charge in [0.05, 0.1) is 17.1 Å². The van der Waals surface area contributed by atoms with Crippen molar-refractivity contribution in [1.29, 1.82) is 0 Å². The Kier molecular flexibility index (Phi) is 5.01. The molecule has 2 atom stereocenters. The molecule has 114 valence electrons. The molecule has 21 heavy (non-hydrogen) atoms.